The summed E-state index contributed by atoms with van der Waals surface area (Å²) in [5.74, 6) is -2.09. The van der Waals surface area contributed by atoms with Crippen LogP contribution in [0.2, 0.25) is 0 Å². The van der Waals surface area contributed by atoms with E-state index in [0.29, 0.717) is 5.69 Å². The summed E-state index contributed by atoms with van der Waals surface area (Å²) >= 11 is 0. The molecule has 2 aromatic carbocycles. The largest absolute Gasteiger partial charge is 0.452 e. The Balaban J connectivity index is 1.96. The van der Waals surface area contributed by atoms with Crippen LogP contribution in [0.15, 0.2) is 42.5 Å². The zero-order valence-electron chi connectivity index (χ0n) is 14.2. The number of nitro benzene ring substituents is 1. The predicted molar refractivity (Wildman–Crippen MR) is 96.5 cm³/mol. The molecule has 10 nitrogen and oxygen atoms in total. The van der Waals surface area contributed by atoms with E-state index in [2.05, 4.69) is 10.6 Å². The average Bonchev–Trinajstić information content (AvgIpc) is 2.65. The van der Waals surface area contributed by atoms with Crippen LogP contribution in [-0.2, 0) is 9.53 Å². The highest BCUT2D eigenvalue weighted by Gasteiger charge is 2.18. The first-order chi connectivity index (χ1) is 12.8. The molecule has 2 rings (SSSR count). The van der Waals surface area contributed by atoms with Gasteiger partial charge in [-0.1, -0.05) is 0 Å². The van der Waals surface area contributed by atoms with Crippen LogP contribution >= 0.6 is 0 Å². The minimum absolute atomic E-state index is 0.0562. The number of hydrogen-bond acceptors (Lipinski definition) is 7. The molecule has 0 aliphatic carbocycles. The quantitative estimate of drug-likeness (QED) is 0.378. The van der Waals surface area contributed by atoms with E-state index >= 15 is 0 Å². The van der Waals surface area contributed by atoms with Gasteiger partial charge >= 0.3 is 5.97 Å². The van der Waals surface area contributed by atoms with Crippen LogP contribution in [0.1, 0.15) is 20.7 Å². The van der Waals surface area contributed by atoms with E-state index < -0.39 is 29.3 Å². The van der Waals surface area contributed by atoms with Crippen molar-refractivity contribution in [2.75, 3.05) is 24.3 Å². The van der Waals surface area contributed by atoms with Gasteiger partial charge in [-0.05, 0) is 36.4 Å². The second-order valence-corrected chi connectivity index (χ2v) is 5.30. The van der Waals surface area contributed by atoms with Gasteiger partial charge in [0, 0.05) is 24.4 Å². The molecular weight excluding hydrogens is 356 g/mol. The molecule has 2 aromatic rings. The van der Waals surface area contributed by atoms with Crippen molar-refractivity contribution in [2.45, 2.75) is 0 Å². The van der Waals surface area contributed by atoms with E-state index in [4.69, 9.17) is 10.5 Å². The molecule has 0 saturated carbocycles. The van der Waals surface area contributed by atoms with Crippen molar-refractivity contribution in [3.63, 3.8) is 0 Å². The third-order valence-electron chi connectivity index (χ3n) is 3.49. The van der Waals surface area contributed by atoms with Crippen LogP contribution in [0.5, 0.6) is 0 Å². The SMILES string of the molecule is CNc1ccc(C(=O)OCC(=O)Nc2ccc(C(N)=O)cc2)cc1[N+](=O)[O-]. The molecule has 0 spiro atoms. The summed E-state index contributed by atoms with van der Waals surface area (Å²) in [6, 6.07) is 9.60. The first-order valence-corrected chi connectivity index (χ1v) is 7.65. The molecule has 27 heavy (non-hydrogen) atoms. The second-order valence-electron chi connectivity index (χ2n) is 5.30. The molecule has 0 heterocycles. The van der Waals surface area contributed by atoms with Gasteiger partial charge in [-0.2, -0.15) is 0 Å². The molecule has 0 atom stereocenters. The lowest BCUT2D eigenvalue weighted by molar-refractivity contribution is -0.384. The first kappa shape index (κ1) is 19.4. The van der Waals surface area contributed by atoms with Crippen LogP contribution < -0.4 is 16.4 Å². The highest BCUT2D eigenvalue weighted by Crippen LogP contribution is 2.25. The molecule has 0 bridgehead atoms. The number of benzene rings is 2. The number of carbonyl (C=O) groups is 3. The standard InChI is InChI=1S/C17H16N4O6/c1-19-13-7-4-11(8-14(13)21(25)26)17(24)27-9-15(22)20-12-5-2-10(3-6-12)16(18)23/h2-8,19H,9H2,1H3,(H2,18,23)(H,20,22). The fourth-order valence-corrected chi connectivity index (χ4v) is 2.15. The van der Waals surface area contributed by atoms with Gasteiger partial charge in [0.2, 0.25) is 5.91 Å². The van der Waals surface area contributed by atoms with Crippen molar-refractivity contribution < 1.29 is 24.0 Å². The van der Waals surface area contributed by atoms with E-state index in [9.17, 15) is 24.5 Å². The summed E-state index contributed by atoms with van der Waals surface area (Å²) < 4.78 is 4.86. The maximum atomic E-state index is 12.0. The number of anilines is 2. The van der Waals surface area contributed by atoms with Crippen molar-refractivity contribution in [1.82, 2.24) is 0 Å². The Labute approximate surface area is 153 Å². The summed E-state index contributed by atoms with van der Waals surface area (Å²) in [5.41, 5.74) is 5.69. The molecule has 10 heteroatoms. The van der Waals surface area contributed by atoms with Gasteiger partial charge < -0.3 is 21.1 Å². The zero-order valence-corrected chi connectivity index (χ0v) is 14.2. The Morgan fingerprint density at radius 3 is 2.30 bits per heavy atom. The summed E-state index contributed by atoms with van der Waals surface area (Å²) in [5, 5.41) is 16.1. The molecule has 0 aliphatic heterocycles. The molecule has 0 unspecified atom stereocenters. The fraction of sp³-hybridized carbons (Fsp3) is 0.118. The Morgan fingerprint density at radius 1 is 1.11 bits per heavy atom. The van der Waals surface area contributed by atoms with E-state index in [-0.39, 0.29) is 22.5 Å². The third-order valence-corrected chi connectivity index (χ3v) is 3.49. The van der Waals surface area contributed by atoms with Crippen LogP contribution in [0.25, 0.3) is 0 Å². The Bertz CT molecular complexity index is 895. The molecule has 0 saturated heterocycles. The maximum Gasteiger partial charge on any atom is 0.338 e. The lowest BCUT2D eigenvalue weighted by atomic mass is 10.1. The molecular formula is C17H16N4O6. The lowest BCUT2D eigenvalue weighted by Crippen LogP contribution is -2.21. The van der Waals surface area contributed by atoms with Gasteiger partial charge in [0.1, 0.15) is 5.69 Å². The Hall–Kier alpha value is -3.95. The van der Waals surface area contributed by atoms with Crippen LogP contribution in [0, 0.1) is 10.1 Å². The number of hydrogen-bond donors (Lipinski definition) is 3. The van der Waals surface area contributed by atoms with Crippen molar-refractivity contribution in [3.8, 4) is 0 Å². The molecule has 2 amide bonds. The molecule has 0 fully saturated rings. The third kappa shape index (κ3) is 5.01. The number of ether oxygens (including phenoxy) is 1. The van der Waals surface area contributed by atoms with E-state index in [0.717, 1.165) is 6.07 Å². The van der Waals surface area contributed by atoms with Crippen molar-refractivity contribution in [3.05, 3.63) is 63.7 Å². The predicted octanol–water partition coefficient (Wildman–Crippen LogP) is 1.53. The second kappa shape index (κ2) is 8.43. The molecule has 0 aromatic heterocycles. The molecule has 0 aliphatic rings. The van der Waals surface area contributed by atoms with E-state index in [1.165, 1.54) is 43.4 Å². The summed E-state index contributed by atoms with van der Waals surface area (Å²) in [4.78, 5) is 45.2. The number of nitrogens with two attached hydrogens (primary N) is 1. The van der Waals surface area contributed by atoms with E-state index in [1.807, 2.05) is 0 Å². The smallest absolute Gasteiger partial charge is 0.338 e. The van der Waals surface area contributed by atoms with Crippen molar-refractivity contribution in [2.24, 2.45) is 5.73 Å². The van der Waals surface area contributed by atoms with Gasteiger partial charge in [-0.15, -0.1) is 0 Å². The fourth-order valence-electron chi connectivity index (χ4n) is 2.15. The number of rotatable bonds is 7. The number of nitrogens with one attached hydrogen (secondary N) is 2. The molecule has 4 N–H and O–H groups in total. The van der Waals surface area contributed by atoms with Crippen LogP contribution in [-0.4, -0.2) is 36.4 Å². The molecule has 0 radical (unpaired) electrons. The zero-order chi connectivity index (χ0) is 20.0. The lowest BCUT2D eigenvalue weighted by Gasteiger charge is -2.08. The minimum Gasteiger partial charge on any atom is -0.452 e. The monoisotopic (exact) mass is 372 g/mol. The topological polar surface area (TPSA) is 154 Å². The summed E-state index contributed by atoms with van der Waals surface area (Å²) in [6.45, 7) is -0.585. The number of carbonyl (C=O) groups excluding carboxylic acids is 3. The Morgan fingerprint density at radius 2 is 1.74 bits per heavy atom. The highest BCUT2D eigenvalue weighted by molar-refractivity contribution is 5.97. The number of amides is 2. The first-order valence-electron chi connectivity index (χ1n) is 7.65. The van der Waals surface area contributed by atoms with Gasteiger partial charge in [0.15, 0.2) is 6.61 Å². The maximum absolute atomic E-state index is 12.0. The van der Waals surface area contributed by atoms with Crippen LogP contribution in [0.3, 0.4) is 0 Å². The molecule has 140 valence electrons. The normalized spacial score (nSPS) is 9.96. The number of primary amides is 1. The van der Waals surface area contributed by atoms with Gasteiger partial charge in [0.25, 0.3) is 11.6 Å². The highest BCUT2D eigenvalue weighted by atomic mass is 16.6. The summed E-state index contributed by atoms with van der Waals surface area (Å²) in [6.07, 6.45) is 0. The van der Waals surface area contributed by atoms with Crippen molar-refractivity contribution >= 4 is 34.8 Å². The van der Waals surface area contributed by atoms with Gasteiger partial charge in [-0.3, -0.25) is 19.7 Å². The average molecular weight is 372 g/mol. The summed E-state index contributed by atoms with van der Waals surface area (Å²) in [7, 11) is 1.51. The number of nitrogens with zero attached hydrogens (tertiary/aromatic N) is 1. The Kier molecular flexibility index (Phi) is 6.05. The minimum atomic E-state index is -0.875. The van der Waals surface area contributed by atoms with Crippen molar-refractivity contribution in [1.29, 1.82) is 0 Å². The van der Waals surface area contributed by atoms with Crippen LogP contribution in [0.4, 0.5) is 17.1 Å². The van der Waals surface area contributed by atoms with Gasteiger partial charge in [0.05, 0.1) is 10.5 Å². The van der Waals surface area contributed by atoms with E-state index in [1.54, 1.807) is 0 Å². The number of esters is 1. The number of nitro groups is 1. The van der Waals surface area contributed by atoms with Gasteiger partial charge in [-0.25, -0.2) is 4.79 Å².